The lowest BCUT2D eigenvalue weighted by Crippen LogP contribution is -2.58. The van der Waals surface area contributed by atoms with Gasteiger partial charge in [0.05, 0.1) is 12.1 Å². The van der Waals surface area contributed by atoms with Crippen LogP contribution in [0, 0.1) is 11.8 Å². The smallest absolute Gasteiger partial charge is 0.312 e. The van der Waals surface area contributed by atoms with Crippen LogP contribution in [0.1, 0.15) is 69.9 Å². The highest BCUT2D eigenvalue weighted by atomic mass is 16.2. The van der Waals surface area contributed by atoms with E-state index in [9.17, 15) is 28.8 Å². The number of carbonyl (C=O) groups excluding carboxylic acids is 6. The molecule has 0 spiro atoms. The van der Waals surface area contributed by atoms with E-state index in [4.69, 9.17) is 11.5 Å². The first-order valence-electron chi connectivity index (χ1n) is 18.8. The van der Waals surface area contributed by atoms with Gasteiger partial charge in [-0.1, -0.05) is 74.5 Å². The summed E-state index contributed by atoms with van der Waals surface area (Å²) in [6.07, 6.45) is 3.82. The summed E-state index contributed by atoms with van der Waals surface area (Å²) in [5.74, 6) is -2.74. The minimum absolute atomic E-state index is 0.00306. The molecule has 0 aromatic heterocycles. The van der Waals surface area contributed by atoms with E-state index < -0.39 is 53.7 Å². The normalized spacial score (nSPS) is 15.5. The van der Waals surface area contributed by atoms with Gasteiger partial charge in [0.2, 0.25) is 17.7 Å². The second-order valence-corrected chi connectivity index (χ2v) is 14.7. The number of likely N-dealkylation sites (N-methyl/N-ethyl adjacent to an activating group) is 1. The van der Waals surface area contributed by atoms with Crippen LogP contribution in [-0.2, 0) is 41.6 Å². The Hall–Kier alpha value is -4.62. The third-order valence-corrected chi connectivity index (χ3v) is 9.52. The van der Waals surface area contributed by atoms with Crippen molar-refractivity contribution in [1.82, 2.24) is 25.8 Å². The number of hydrogen-bond acceptors (Lipinski definition) is 8. The highest BCUT2D eigenvalue weighted by molar-refractivity contribution is 6.34. The summed E-state index contributed by atoms with van der Waals surface area (Å²) >= 11 is 0. The number of ketones is 1. The molecule has 0 radical (unpaired) electrons. The van der Waals surface area contributed by atoms with Gasteiger partial charge < -0.3 is 37.2 Å². The average molecular weight is 734 g/mol. The second kappa shape index (κ2) is 21.8. The van der Waals surface area contributed by atoms with Crippen molar-refractivity contribution in [1.29, 1.82) is 0 Å². The number of hydrogen-bond donors (Lipinski definition) is 5. The molecule has 4 atom stereocenters. The van der Waals surface area contributed by atoms with Crippen molar-refractivity contribution in [3.05, 3.63) is 71.8 Å². The fraction of sp³-hybridized carbons (Fsp3) is 0.550. The molecule has 13 nitrogen and oxygen atoms in total. The van der Waals surface area contributed by atoms with Crippen LogP contribution < -0.4 is 27.4 Å². The summed E-state index contributed by atoms with van der Waals surface area (Å²) in [5.41, 5.74) is 13.7. The molecule has 13 heteroatoms. The second-order valence-electron chi connectivity index (χ2n) is 14.7. The van der Waals surface area contributed by atoms with Crippen LogP contribution in [-0.4, -0.2) is 103 Å². The van der Waals surface area contributed by atoms with Crippen LogP contribution in [0.3, 0.4) is 0 Å². The van der Waals surface area contributed by atoms with E-state index in [2.05, 4.69) is 16.0 Å². The van der Waals surface area contributed by atoms with Crippen molar-refractivity contribution in [3.63, 3.8) is 0 Å². The van der Waals surface area contributed by atoms with Gasteiger partial charge in [-0.05, 0) is 74.5 Å². The fourth-order valence-corrected chi connectivity index (χ4v) is 6.45. The summed E-state index contributed by atoms with van der Waals surface area (Å²) in [5, 5.41) is 8.65. The zero-order valence-corrected chi connectivity index (χ0v) is 31.7. The molecule has 7 N–H and O–H groups in total. The molecule has 1 heterocycles. The SMILES string of the molecule is CC(C)C[C@@H](NC(=O)[C@@H](Cc1ccccc1)NC(=O)[C@H](N)Cc1ccccc1)C(=O)N[C@H](CCCCN)C(=O)CC1CCN(C(=O)C(=O)N(C)C)CC1. The largest absolute Gasteiger partial charge is 0.345 e. The van der Waals surface area contributed by atoms with Crippen molar-refractivity contribution < 1.29 is 28.8 Å². The fourth-order valence-electron chi connectivity index (χ4n) is 6.45. The molecule has 3 rings (SSSR count). The monoisotopic (exact) mass is 733 g/mol. The third-order valence-electron chi connectivity index (χ3n) is 9.52. The average Bonchev–Trinajstić information content (AvgIpc) is 3.14. The highest BCUT2D eigenvalue weighted by Gasteiger charge is 2.33. The molecule has 1 aliphatic rings. The molecule has 2 aromatic rings. The third kappa shape index (κ3) is 14.4. The maximum absolute atomic E-state index is 13.9. The Balaban J connectivity index is 1.71. The lowest BCUT2D eigenvalue weighted by Gasteiger charge is -2.32. The summed E-state index contributed by atoms with van der Waals surface area (Å²) in [6, 6.07) is 15.0. The summed E-state index contributed by atoms with van der Waals surface area (Å²) in [4.78, 5) is 82.3. The molecule has 0 bridgehead atoms. The van der Waals surface area contributed by atoms with Gasteiger partial charge in [-0.3, -0.25) is 28.8 Å². The number of piperidine rings is 1. The van der Waals surface area contributed by atoms with E-state index in [1.54, 1.807) is 0 Å². The van der Waals surface area contributed by atoms with Gasteiger partial charge in [0.1, 0.15) is 12.1 Å². The van der Waals surface area contributed by atoms with Crippen LogP contribution in [0.25, 0.3) is 0 Å². The Morgan fingerprint density at radius 3 is 1.83 bits per heavy atom. The highest BCUT2D eigenvalue weighted by Crippen LogP contribution is 2.23. The van der Waals surface area contributed by atoms with E-state index in [0.717, 1.165) is 11.1 Å². The van der Waals surface area contributed by atoms with Crippen molar-refractivity contribution in [3.8, 4) is 0 Å². The van der Waals surface area contributed by atoms with Crippen LogP contribution >= 0.6 is 0 Å². The number of nitrogens with one attached hydrogen (secondary N) is 3. The van der Waals surface area contributed by atoms with Crippen LogP contribution in [0.2, 0.25) is 0 Å². The summed E-state index contributed by atoms with van der Waals surface area (Å²) < 4.78 is 0. The maximum atomic E-state index is 13.9. The number of nitrogens with two attached hydrogens (primary N) is 2. The molecule has 1 fully saturated rings. The summed E-state index contributed by atoms with van der Waals surface area (Å²) in [6.45, 7) is 5.07. The Labute approximate surface area is 314 Å². The quantitative estimate of drug-likeness (QED) is 0.106. The molecule has 0 unspecified atom stereocenters. The molecule has 1 aliphatic heterocycles. The Bertz CT molecular complexity index is 1500. The number of carbonyl (C=O) groups is 6. The Morgan fingerprint density at radius 2 is 1.28 bits per heavy atom. The number of likely N-dealkylation sites (tertiary alicyclic amines) is 1. The van der Waals surface area contributed by atoms with Gasteiger partial charge in [-0.15, -0.1) is 0 Å². The minimum Gasteiger partial charge on any atom is -0.345 e. The standard InChI is InChI=1S/C40H59N7O6/c1-27(2)23-33(45-38(51)34(25-29-15-9-6-10-16-29)44-36(49)31(42)24-28-13-7-5-8-14-28)37(50)43-32(17-11-12-20-41)35(48)26-30-18-21-47(22-19-30)40(53)39(52)46(3)4/h5-10,13-16,27,30-34H,11-12,17-26,41-42H2,1-4H3,(H,43,50)(H,44,49)(H,45,51)/t31-,32-,33-,34-/m1/s1. The van der Waals surface area contributed by atoms with E-state index >= 15 is 0 Å². The Morgan fingerprint density at radius 1 is 0.755 bits per heavy atom. The van der Waals surface area contributed by atoms with E-state index in [0.29, 0.717) is 58.2 Å². The zero-order chi connectivity index (χ0) is 38.9. The van der Waals surface area contributed by atoms with Crippen LogP contribution in [0.4, 0.5) is 0 Å². The first-order chi connectivity index (χ1) is 25.3. The van der Waals surface area contributed by atoms with Gasteiger partial charge in [0, 0.05) is 40.0 Å². The van der Waals surface area contributed by atoms with Crippen molar-refractivity contribution in [2.75, 3.05) is 33.7 Å². The number of rotatable bonds is 19. The molecule has 290 valence electrons. The number of Topliss-reactive ketones (excluding diaryl/α,β-unsaturated/α-hetero) is 1. The number of amides is 5. The van der Waals surface area contributed by atoms with Crippen LogP contribution in [0.5, 0.6) is 0 Å². The summed E-state index contributed by atoms with van der Waals surface area (Å²) in [7, 11) is 3.07. The molecule has 53 heavy (non-hydrogen) atoms. The number of benzene rings is 2. The number of unbranched alkanes of at least 4 members (excludes halogenated alkanes) is 1. The Kier molecular flexibility index (Phi) is 17.6. The first kappa shape index (κ1) is 42.8. The lowest BCUT2D eigenvalue weighted by molar-refractivity contribution is -0.151. The molecule has 2 aromatic carbocycles. The molecular weight excluding hydrogens is 674 g/mol. The van der Waals surface area contributed by atoms with Gasteiger partial charge in [0.15, 0.2) is 5.78 Å². The molecular formula is C40H59N7O6. The van der Waals surface area contributed by atoms with Crippen LogP contribution in [0.15, 0.2) is 60.7 Å². The predicted octanol–water partition coefficient (Wildman–Crippen LogP) is 1.71. The van der Waals surface area contributed by atoms with Gasteiger partial charge in [-0.25, -0.2) is 0 Å². The molecule has 1 saturated heterocycles. The van der Waals surface area contributed by atoms with E-state index in [1.165, 1.54) is 23.9 Å². The molecule has 5 amide bonds. The maximum Gasteiger partial charge on any atom is 0.312 e. The minimum atomic E-state index is -1.01. The topological polar surface area (TPSA) is 197 Å². The first-order valence-corrected chi connectivity index (χ1v) is 18.8. The van der Waals surface area contributed by atoms with Gasteiger partial charge >= 0.3 is 11.8 Å². The van der Waals surface area contributed by atoms with Crippen molar-refractivity contribution in [2.24, 2.45) is 23.3 Å². The molecule has 0 saturated carbocycles. The zero-order valence-electron chi connectivity index (χ0n) is 31.7. The van der Waals surface area contributed by atoms with Gasteiger partial charge in [0.25, 0.3) is 0 Å². The molecule has 0 aliphatic carbocycles. The van der Waals surface area contributed by atoms with Crippen molar-refractivity contribution >= 4 is 35.3 Å². The van der Waals surface area contributed by atoms with E-state index in [1.807, 2.05) is 74.5 Å². The lowest BCUT2D eigenvalue weighted by atomic mass is 9.88. The number of nitrogens with zero attached hydrogens (tertiary/aromatic N) is 2. The predicted molar refractivity (Wildman–Crippen MR) is 204 cm³/mol. The van der Waals surface area contributed by atoms with Crippen molar-refractivity contribution in [2.45, 2.75) is 95.8 Å². The van der Waals surface area contributed by atoms with E-state index in [-0.39, 0.29) is 36.9 Å². The van der Waals surface area contributed by atoms with Gasteiger partial charge in [-0.2, -0.15) is 0 Å².